The average molecular weight is 390 g/mol. The van der Waals surface area contributed by atoms with E-state index in [1.165, 1.54) is 17.7 Å². The molecule has 144 valence electrons. The molecular weight excluding hydrogens is 366 g/mol. The molecule has 8 heteroatoms. The highest BCUT2D eigenvalue weighted by Gasteiger charge is 2.49. The lowest BCUT2D eigenvalue weighted by Gasteiger charge is -2.37. The minimum absolute atomic E-state index is 0.302. The molecule has 2 fully saturated rings. The van der Waals surface area contributed by atoms with E-state index in [-0.39, 0.29) is 5.91 Å². The quantitative estimate of drug-likeness (QED) is 0.842. The van der Waals surface area contributed by atoms with Crippen molar-refractivity contribution in [2.24, 2.45) is 4.99 Å². The van der Waals surface area contributed by atoms with Crippen LogP contribution in [0.25, 0.3) is 0 Å². The summed E-state index contributed by atoms with van der Waals surface area (Å²) >= 11 is 6.38. The number of benzene rings is 1. The van der Waals surface area contributed by atoms with Crippen LogP contribution in [0.4, 0.5) is 4.79 Å². The first-order valence-corrected chi connectivity index (χ1v) is 9.84. The molecule has 3 heterocycles. The molecule has 1 aromatic carbocycles. The van der Waals surface area contributed by atoms with Gasteiger partial charge in [0.05, 0.1) is 0 Å². The van der Waals surface area contributed by atoms with Gasteiger partial charge < -0.3 is 14.7 Å². The summed E-state index contributed by atoms with van der Waals surface area (Å²) in [6, 6.07) is 6.70. The van der Waals surface area contributed by atoms with E-state index in [9.17, 15) is 9.59 Å². The van der Waals surface area contributed by atoms with Crippen LogP contribution in [-0.2, 0) is 11.3 Å². The standard InChI is InChI=1S/C19H24ClN5O2/c1-23-16-15(17(26)22-19(23)27)25(12-13-8-4-5-9-14(13)20)18(21-16)24-10-6-2-3-7-11-24/h4-5,8-9,15-16H,2-3,6-7,10-12H2,1H3,(H,22,26,27). The molecular formula is C19H24ClN5O2. The van der Waals surface area contributed by atoms with E-state index in [1.807, 2.05) is 29.2 Å². The monoisotopic (exact) mass is 389 g/mol. The topological polar surface area (TPSA) is 68.2 Å². The van der Waals surface area contributed by atoms with Gasteiger partial charge in [0.25, 0.3) is 5.91 Å². The maximum absolute atomic E-state index is 12.7. The summed E-state index contributed by atoms with van der Waals surface area (Å²) in [7, 11) is 1.68. The Kier molecular flexibility index (Phi) is 4.95. The predicted molar refractivity (Wildman–Crippen MR) is 103 cm³/mol. The highest BCUT2D eigenvalue weighted by molar-refractivity contribution is 6.31. The van der Waals surface area contributed by atoms with Crippen LogP contribution in [0.15, 0.2) is 29.3 Å². The molecule has 0 aliphatic carbocycles. The minimum atomic E-state index is -0.540. The van der Waals surface area contributed by atoms with E-state index in [0.717, 1.165) is 37.5 Å². The number of rotatable bonds is 2. The van der Waals surface area contributed by atoms with Crippen molar-refractivity contribution in [3.05, 3.63) is 34.9 Å². The molecule has 2 unspecified atom stereocenters. The fraction of sp³-hybridized carbons (Fsp3) is 0.526. The fourth-order valence-corrected chi connectivity index (χ4v) is 4.22. The van der Waals surface area contributed by atoms with Crippen molar-refractivity contribution >= 4 is 29.5 Å². The fourth-order valence-electron chi connectivity index (χ4n) is 4.02. The Morgan fingerprint density at radius 1 is 1.15 bits per heavy atom. The van der Waals surface area contributed by atoms with Crippen molar-refractivity contribution in [2.75, 3.05) is 20.1 Å². The largest absolute Gasteiger partial charge is 0.343 e. The van der Waals surface area contributed by atoms with Crippen molar-refractivity contribution in [2.45, 2.75) is 44.4 Å². The first kappa shape index (κ1) is 18.1. The van der Waals surface area contributed by atoms with Crippen LogP contribution < -0.4 is 5.32 Å². The molecule has 0 spiro atoms. The van der Waals surface area contributed by atoms with Crippen molar-refractivity contribution in [3.8, 4) is 0 Å². The van der Waals surface area contributed by atoms with Gasteiger partial charge in [0.15, 0.2) is 18.2 Å². The molecule has 7 nitrogen and oxygen atoms in total. The van der Waals surface area contributed by atoms with Gasteiger partial charge in [0.1, 0.15) is 0 Å². The second-order valence-electron chi connectivity index (χ2n) is 7.31. The molecule has 3 aliphatic heterocycles. The Morgan fingerprint density at radius 3 is 2.56 bits per heavy atom. The maximum Gasteiger partial charge on any atom is 0.325 e. The number of carbonyl (C=O) groups excluding carboxylic acids is 2. The summed E-state index contributed by atoms with van der Waals surface area (Å²) in [5.74, 6) is 0.493. The molecule has 1 aromatic rings. The highest BCUT2D eigenvalue weighted by Crippen LogP contribution is 2.29. The lowest BCUT2D eigenvalue weighted by atomic mass is 10.1. The summed E-state index contributed by atoms with van der Waals surface area (Å²) in [6.45, 7) is 2.30. The second kappa shape index (κ2) is 7.38. The van der Waals surface area contributed by atoms with Crippen molar-refractivity contribution in [3.63, 3.8) is 0 Å². The minimum Gasteiger partial charge on any atom is -0.343 e. The summed E-state index contributed by atoms with van der Waals surface area (Å²) in [5.41, 5.74) is 0.940. The number of likely N-dealkylation sites (N-methyl/N-ethyl adjacent to an activating group) is 1. The number of hydrogen-bond donors (Lipinski definition) is 1. The molecule has 0 radical (unpaired) electrons. The van der Waals surface area contributed by atoms with Gasteiger partial charge in [-0.3, -0.25) is 10.1 Å². The molecule has 0 bridgehead atoms. The van der Waals surface area contributed by atoms with Crippen LogP contribution in [-0.4, -0.2) is 64.9 Å². The van der Waals surface area contributed by atoms with E-state index >= 15 is 0 Å². The van der Waals surface area contributed by atoms with E-state index in [4.69, 9.17) is 16.6 Å². The zero-order valence-corrected chi connectivity index (χ0v) is 16.2. The lowest BCUT2D eigenvalue weighted by Crippen LogP contribution is -2.64. The normalized spacial score (nSPS) is 25.9. The van der Waals surface area contributed by atoms with Gasteiger partial charge in [0, 0.05) is 31.7 Å². The number of aliphatic imine (C=N–C) groups is 1. The Bertz CT molecular complexity index is 775. The van der Waals surface area contributed by atoms with Crippen LogP contribution in [0.1, 0.15) is 31.2 Å². The Hall–Kier alpha value is -2.28. The van der Waals surface area contributed by atoms with Crippen molar-refractivity contribution in [1.29, 1.82) is 0 Å². The number of urea groups is 1. The first-order valence-electron chi connectivity index (χ1n) is 9.47. The van der Waals surface area contributed by atoms with Gasteiger partial charge in [-0.05, 0) is 24.5 Å². The first-order chi connectivity index (χ1) is 13.1. The Labute approximate surface area is 164 Å². The zero-order valence-electron chi connectivity index (χ0n) is 15.4. The number of likely N-dealkylation sites (tertiary alicyclic amines) is 1. The number of nitrogens with zero attached hydrogens (tertiary/aromatic N) is 4. The molecule has 3 amide bonds. The van der Waals surface area contributed by atoms with Gasteiger partial charge in [0.2, 0.25) is 0 Å². The number of halogens is 1. The van der Waals surface area contributed by atoms with Crippen molar-refractivity contribution in [1.82, 2.24) is 20.0 Å². The summed E-state index contributed by atoms with van der Waals surface area (Å²) < 4.78 is 0. The summed E-state index contributed by atoms with van der Waals surface area (Å²) in [4.78, 5) is 35.4. The number of hydrogen-bond acceptors (Lipinski definition) is 5. The third-order valence-electron chi connectivity index (χ3n) is 5.53. The third-order valence-corrected chi connectivity index (χ3v) is 5.89. The van der Waals surface area contributed by atoms with Crippen LogP contribution in [0.2, 0.25) is 5.02 Å². The van der Waals surface area contributed by atoms with E-state index in [1.54, 1.807) is 7.05 Å². The third kappa shape index (κ3) is 3.36. The molecule has 0 saturated carbocycles. The Balaban J connectivity index is 1.69. The molecule has 2 atom stereocenters. The lowest BCUT2D eigenvalue weighted by molar-refractivity contribution is -0.127. The molecule has 2 saturated heterocycles. The van der Waals surface area contributed by atoms with Crippen LogP contribution in [0.3, 0.4) is 0 Å². The zero-order chi connectivity index (χ0) is 19.0. The molecule has 4 rings (SSSR count). The van der Waals surface area contributed by atoms with Gasteiger partial charge in [-0.25, -0.2) is 9.79 Å². The van der Waals surface area contributed by atoms with Gasteiger partial charge in [-0.1, -0.05) is 42.6 Å². The molecule has 1 N–H and O–H groups in total. The Morgan fingerprint density at radius 2 is 1.85 bits per heavy atom. The van der Waals surface area contributed by atoms with Gasteiger partial charge in [-0.15, -0.1) is 0 Å². The molecule has 27 heavy (non-hydrogen) atoms. The number of amides is 3. The number of fused-ring (bicyclic) bond motifs is 1. The number of carbonyl (C=O) groups is 2. The van der Waals surface area contributed by atoms with E-state index in [2.05, 4.69) is 10.2 Å². The summed E-state index contributed by atoms with van der Waals surface area (Å²) in [5, 5.41) is 3.11. The number of nitrogens with one attached hydrogen (secondary N) is 1. The highest BCUT2D eigenvalue weighted by atomic mass is 35.5. The van der Waals surface area contributed by atoms with Crippen LogP contribution in [0, 0.1) is 0 Å². The van der Waals surface area contributed by atoms with Crippen LogP contribution >= 0.6 is 11.6 Å². The predicted octanol–water partition coefficient (Wildman–Crippen LogP) is 2.26. The SMILES string of the molecule is CN1C(=O)NC(=O)C2C1N=C(N1CCCCCC1)N2Cc1ccccc1Cl. The van der Waals surface area contributed by atoms with Gasteiger partial charge >= 0.3 is 6.03 Å². The van der Waals surface area contributed by atoms with E-state index in [0.29, 0.717) is 11.6 Å². The van der Waals surface area contributed by atoms with E-state index < -0.39 is 18.2 Å². The number of guanidine groups is 1. The van der Waals surface area contributed by atoms with Crippen molar-refractivity contribution < 1.29 is 9.59 Å². The molecule has 0 aromatic heterocycles. The second-order valence-corrected chi connectivity index (χ2v) is 7.72. The number of imide groups is 1. The smallest absolute Gasteiger partial charge is 0.325 e. The van der Waals surface area contributed by atoms with Crippen LogP contribution in [0.5, 0.6) is 0 Å². The summed E-state index contributed by atoms with van der Waals surface area (Å²) in [6.07, 6.45) is 4.12. The average Bonchev–Trinajstić information content (AvgIpc) is 2.83. The maximum atomic E-state index is 12.7. The van der Waals surface area contributed by atoms with Gasteiger partial charge in [-0.2, -0.15) is 0 Å². The molecule has 3 aliphatic rings.